The van der Waals surface area contributed by atoms with Gasteiger partial charge in [0.25, 0.3) is 0 Å². The van der Waals surface area contributed by atoms with E-state index in [2.05, 4.69) is 18.7 Å². The summed E-state index contributed by atoms with van der Waals surface area (Å²) in [6.07, 6.45) is 0. The number of benzene rings is 1. The molecule has 5 nitrogen and oxygen atoms in total. The Morgan fingerprint density at radius 1 is 1.30 bits per heavy atom. The van der Waals surface area contributed by atoms with Crippen molar-refractivity contribution in [3.63, 3.8) is 0 Å². The van der Waals surface area contributed by atoms with Crippen molar-refractivity contribution >= 4 is 17.3 Å². The van der Waals surface area contributed by atoms with Crippen molar-refractivity contribution in [3.05, 3.63) is 18.2 Å². The molecule has 1 aliphatic rings. The highest BCUT2D eigenvalue weighted by atomic mass is 16.5. The Morgan fingerprint density at radius 2 is 1.90 bits per heavy atom. The third kappa shape index (κ3) is 2.66. The van der Waals surface area contributed by atoms with Crippen LogP contribution in [0.15, 0.2) is 18.2 Å². The number of anilines is 2. The number of carbonyl (C=O) groups is 1. The summed E-state index contributed by atoms with van der Waals surface area (Å²) in [5.41, 5.74) is 7.57. The molecule has 2 atom stereocenters. The van der Waals surface area contributed by atoms with Crippen LogP contribution in [0.4, 0.5) is 11.4 Å². The lowest BCUT2D eigenvalue weighted by Gasteiger charge is -2.45. The van der Waals surface area contributed by atoms with Gasteiger partial charge in [-0.2, -0.15) is 0 Å². The highest BCUT2D eigenvalue weighted by molar-refractivity contribution is 5.74. The predicted octanol–water partition coefficient (Wildman–Crippen LogP) is 1.72. The molecule has 1 aromatic rings. The Hall–Kier alpha value is -1.91. The fourth-order valence-corrected chi connectivity index (χ4v) is 3.05. The topological polar surface area (TPSA) is 58.8 Å². The van der Waals surface area contributed by atoms with Gasteiger partial charge in [0.2, 0.25) is 5.91 Å². The van der Waals surface area contributed by atoms with Crippen molar-refractivity contribution in [1.29, 1.82) is 0 Å². The zero-order valence-electron chi connectivity index (χ0n) is 12.6. The molecule has 1 aliphatic heterocycles. The summed E-state index contributed by atoms with van der Waals surface area (Å²) in [6.45, 7) is 7.43. The standard InChI is InChI=1S/C15H23N3O2/c1-10-8-17(9-11(2)18(10)12(3)19)13-5-6-14(16)15(7-13)20-4/h5-7,10-11H,8-9,16H2,1-4H3. The van der Waals surface area contributed by atoms with Gasteiger partial charge in [-0.1, -0.05) is 0 Å². The average Bonchev–Trinajstić information content (AvgIpc) is 2.37. The maximum absolute atomic E-state index is 11.7. The number of nitrogen functional groups attached to an aromatic ring is 1. The van der Waals surface area contributed by atoms with E-state index in [0.29, 0.717) is 11.4 Å². The SMILES string of the molecule is COc1cc(N2CC(C)N(C(C)=O)C(C)C2)ccc1N. The molecule has 1 aromatic carbocycles. The van der Waals surface area contributed by atoms with Crippen LogP contribution in [0.3, 0.4) is 0 Å². The molecule has 0 aliphatic carbocycles. The van der Waals surface area contributed by atoms with Gasteiger partial charge in [-0.15, -0.1) is 0 Å². The minimum atomic E-state index is 0.138. The van der Waals surface area contributed by atoms with Crippen molar-refractivity contribution in [2.75, 3.05) is 30.8 Å². The maximum Gasteiger partial charge on any atom is 0.220 e. The van der Waals surface area contributed by atoms with E-state index in [-0.39, 0.29) is 18.0 Å². The largest absolute Gasteiger partial charge is 0.495 e. The van der Waals surface area contributed by atoms with Crippen molar-refractivity contribution in [3.8, 4) is 5.75 Å². The summed E-state index contributed by atoms with van der Waals surface area (Å²) < 4.78 is 5.27. The van der Waals surface area contributed by atoms with Crippen LogP contribution in [0.1, 0.15) is 20.8 Å². The first-order valence-corrected chi connectivity index (χ1v) is 6.91. The number of hydrogen-bond acceptors (Lipinski definition) is 4. The van der Waals surface area contributed by atoms with Crippen LogP contribution >= 0.6 is 0 Å². The number of ether oxygens (including phenoxy) is 1. The second-order valence-corrected chi connectivity index (χ2v) is 5.46. The van der Waals surface area contributed by atoms with Gasteiger partial charge in [0.05, 0.1) is 12.8 Å². The molecule has 2 unspecified atom stereocenters. The van der Waals surface area contributed by atoms with Crippen LogP contribution < -0.4 is 15.4 Å². The van der Waals surface area contributed by atoms with E-state index in [0.717, 1.165) is 18.8 Å². The van der Waals surface area contributed by atoms with E-state index in [1.54, 1.807) is 14.0 Å². The lowest BCUT2D eigenvalue weighted by Crippen LogP contribution is -2.58. The Labute approximate surface area is 120 Å². The summed E-state index contributed by atoms with van der Waals surface area (Å²) >= 11 is 0. The third-order valence-corrected chi connectivity index (χ3v) is 3.86. The van der Waals surface area contributed by atoms with E-state index in [4.69, 9.17) is 10.5 Å². The zero-order chi connectivity index (χ0) is 14.9. The molecule has 5 heteroatoms. The number of hydrogen-bond donors (Lipinski definition) is 1. The first-order chi connectivity index (χ1) is 9.43. The number of amides is 1. The molecule has 2 N–H and O–H groups in total. The summed E-state index contributed by atoms with van der Waals surface area (Å²) in [6, 6.07) is 6.21. The molecule has 0 saturated carbocycles. The lowest BCUT2D eigenvalue weighted by molar-refractivity contribution is -0.133. The lowest BCUT2D eigenvalue weighted by atomic mass is 10.1. The Morgan fingerprint density at radius 3 is 2.40 bits per heavy atom. The summed E-state index contributed by atoms with van der Waals surface area (Å²) in [4.78, 5) is 15.9. The molecule has 1 amide bonds. The molecule has 0 aromatic heterocycles. The highest BCUT2D eigenvalue weighted by Gasteiger charge is 2.31. The zero-order valence-corrected chi connectivity index (χ0v) is 12.6. The van der Waals surface area contributed by atoms with E-state index >= 15 is 0 Å². The van der Waals surface area contributed by atoms with E-state index in [1.165, 1.54) is 0 Å². The molecule has 1 heterocycles. The quantitative estimate of drug-likeness (QED) is 0.836. The number of carbonyl (C=O) groups excluding carboxylic acids is 1. The highest BCUT2D eigenvalue weighted by Crippen LogP contribution is 2.29. The summed E-state index contributed by atoms with van der Waals surface area (Å²) in [5.74, 6) is 0.830. The Kier molecular flexibility index (Phi) is 4.06. The van der Waals surface area contributed by atoms with Gasteiger partial charge in [0, 0.05) is 43.9 Å². The number of nitrogens with zero attached hydrogens (tertiary/aromatic N) is 2. The first-order valence-electron chi connectivity index (χ1n) is 6.91. The molecule has 1 saturated heterocycles. The van der Waals surface area contributed by atoms with Gasteiger partial charge in [-0.3, -0.25) is 4.79 Å². The van der Waals surface area contributed by atoms with Crippen molar-refractivity contribution in [2.24, 2.45) is 0 Å². The van der Waals surface area contributed by atoms with E-state index < -0.39 is 0 Å². The average molecular weight is 277 g/mol. The molecule has 0 bridgehead atoms. The molecular formula is C15H23N3O2. The van der Waals surface area contributed by atoms with E-state index in [1.807, 2.05) is 23.1 Å². The number of nitrogens with two attached hydrogens (primary N) is 1. The number of rotatable bonds is 2. The van der Waals surface area contributed by atoms with Gasteiger partial charge in [-0.05, 0) is 26.0 Å². The minimum Gasteiger partial charge on any atom is -0.495 e. The molecule has 1 fully saturated rings. The molecule has 20 heavy (non-hydrogen) atoms. The second-order valence-electron chi connectivity index (χ2n) is 5.46. The molecule has 2 rings (SSSR count). The van der Waals surface area contributed by atoms with Crippen LogP contribution in [0, 0.1) is 0 Å². The smallest absolute Gasteiger partial charge is 0.220 e. The summed E-state index contributed by atoms with van der Waals surface area (Å²) in [7, 11) is 1.62. The van der Waals surface area contributed by atoms with Gasteiger partial charge in [0.15, 0.2) is 0 Å². The van der Waals surface area contributed by atoms with Gasteiger partial charge >= 0.3 is 0 Å². The van der Waals surface area contributed by atoms with Crippen LogP contribution in [0.25, 0.3) is 0 Å². The fraction of sp³-hybridized carbons (Fsp3) is 0.533. The fourth-order valence-electron chi connectivity index (χ4n) is 3.05. The van der Waals surface area contributed by atoms with Gasteiger partial charge < -0.3 is 20.3 Å². The van der Waals surface area contributed by atoms with Gasteiger partial charge in [-0.25, -0.2) is 0 Å². The molecule has 0 spiro atoms. The normalized spacial score (nSPS) is 22.8. The first kappa shape index (κ1) is 14.5. The number of methoxy groups -OCH3 is 1. The van der Waals surface area contributed by atoms with Crippen LogP contribution in [0.5, 0.6) is 5.75 Å². The van der Waals surface area contributed by atoms with Crippen LogP contribution in [-0.4, -0.2) is 43.1 Å². The Bertz CT molecular complexity index is 492. The van der Waals surface area contributed by atoms with Crippen molar-refractivity contribution in [1.82, 2.24) is 4.90 Å². The van der Waals surface area contributed by atoms with Gasteiger partial charge in [0.1, 0.15) is 5.75 Å². The monoisotopic (exact) mass is 277 g/mol. The van der Waals surface area contributed by atoms with Crippen molar-refractivity contribution in [2.45, 2.75) is 32.9 Å². The molecule has 110 valence electrons. The third-order valence-electron chi connectivity index (χ3n) is 3.86. The van der Waals surface area contributed by atoms with Crippen LogP contribution in [0.2, 0.25) is 0 Å². The number of piperazine rings is 1. The van der Waals surface area contributed by atoms with E-state index in [9.17, 15) is 4.79 Å². The Balaban J connectivity index is 2.21. The van der Waals surface area contributed by atoms with Crippen molar-refractivity contribution < 1.29 is 9.53 Å². The predicted molar refractivity (Wildman–Crippen MR) is 81.1 cm³/mol. The van der Waals surface area contributed by atoms with Crippen LogP contribution in [-0.2, 0) is 4.79 Å². The minimum absolute atomic E-state index is 0.138. The molecular weight excluding hydrogens is 254 g/mol. The second kappa shape index (κ2) is 5.61. The molecule has 0 radical (unpaired) electrons. The summed E-state index contributed by atoms with van der Waals surface area (Å²) in [5, 5.41) is 0. The maximum atomic E-state index is 11.7.